The Morgan fingerprint density at radius 2 is 1.71 bits per heavy atom. The summed E-state index contributed by atoms with van der Waals surface area (Å²) in [6, 6.07) is 15.4. The highest BCUT2D eigenvalue weighted by atomic mass is 32.2. The highest BCUT2D eigenvalue weighted by Gasteiger charge is 2.33. The Hall–Kier alpha value is -3.00. The van der Waals surface area contributed by atoms with Crippen molar-refractivity contribution in [2.45, 2.75) is 50.1 Å². The first-order valence-electron chi connectivity index (χ1n) is 12.1. The molecule has 35 heavy (non-hydrogen) atoms. The monoisotopic (exact) mass is 496 g/mol. The van der Waals surface area contributed by atoms with E-state index in [4.69, 9.17) is 9.84 Å². The second-order valence-electron chi connectivity index (χ2n) is 9.21. The number of carboxylic acids is 1. The Morgan fingerprint density at radius 3 is 2.34 bits per heavy atom. The SMILES string of the molecule is CSCC[C@@H](NC(=O)OCC1c2ccccc2-c2ccccc21)C(=O)NC1CCCC1CC(=O)O. The number of carbonyl (C=O) groups excluding carboxylic acids is 2. The van der Waals surface area contributed by atoms with E-state index in [1.807, 2.05) is 30.5 Å². The molecule has 2 aliphatic carbocycles. The Kier molecular flexibility index (Phi) is 8.33. The Labute approximate surface area is 210 Å². The number of ether oxygens (including phenoxy) is 1. The van der Waals surface area contributed by atoms with Crippen molar-refractivity contribution in [3.63, 3.8) is 0 Å². The highest BCUT2D eigenvalue weighted by Crippen LogP contribution is 2.44. The zero-order valence-electron chi connectivity index (χ0n) is 19.9. The zero-order chi connectivity index (χ0) is 24.8. The molecule has 0 bridgehead atoms. The molecule has 2 aromatic carbocycles. The van der Waals surface area contributed by atoms with Crippen LogP contribution >= 0.6 is 11.8 Å². The third-order valence-electron chi connectivity index (χ3n) is 6.99. The molecule has 186 valence electrons. The molecule has 2 amide bonds. The molecular formula is C27H32N2O5S. The second-order valence-corrected chi connectivity index (χ2v) is 10.2. The van der Waals surface area contributed by atoms with Crippen molar-refractivity contribution < 1.29 is 24.2 Å². The van der Waals surface area contributed by atoms with Crippen molar-refractivity contribution in [1.82, 2.24) is 10.6 Å². The lowest BCUT2D eigenvalue weighted by Crippen LogP contribution is -2.51. The molecule has 0 radical (unpaired) electrons. The molecule has 0 aliphatic heterocycles. The van der Waals surface area contributed by atoms with E-state index < -0.39 is 18.1 Å². The third kappa shape index (κ3) is 5.99. The van der Waals surface area contributed by atoms with Crippen molar-refractivity contribution in [3.8, 4) is 11.1 Å². The van der Waals surface area contributed by atoms with E-state index in [-0.39, 0.29) is 36.8 Å². The van der Waals surface area contributed by atoms with Gasteiger partial charge >= 0.3 is 12.1 Å². The van der Waals surface area contributed by atoms with Gasteiger partial charge < -0.3 is 20.5 Å². The van der Waals surface area contributed by atoms with E-state index >= 15 is 0 Å². The number of rotatable bonds is 10. The molecule has 3 N–H and O–H groups in total. The lowest BCUT2D eigenvalue weighted by Gasteiger charge is -2.24. The number of fused-ring (bicyclic) bond motifs is 3. The fourth-order valence-corrected chi connectivity index (χ4v) is 5.74. The van der Waals surface area contributed by atoms with Gasteiger partial charge in [-0.05, 0) is 59.4 Å². The predicted octanol–water partition coefficient (Wildman–Crippen LogP) is 4.41. The van der Waals surface area contributed by atoms with Crippen molar-refractivity contribution in [3.05, 3.63) is 59.7 Å². The molecule has 2 aromatic rings. The minimum Gasteiger partial charge on any atom is -0.481 e. The smallest absolute Gasteiger partial charge is 0.407 e. The van der Waals surface area contributed by atoms with Gasteiger partial charge in [0.2, 0.25) is 5.91 Å². The number of thioether (sulfide) groups is 1. The number of hydrogen-bond acceptors (Lipinski definition) is 5. The van der Waals surface area contributed by atoms with E-state index in [1.54, 1.807) is 11.8 Å². The lowest BCUT2D eigenvalue weighted by molar-refractivity contribution is -0.138. The van der Waals surface area contributed by atoms with Crippen molar-refractivity contribution in [2.24, 2.45) is 5.92 Å². The lowest BCUT2D eigenvalue weighted by atomic mass is 9.98. The number of alkyl carbamates (subject to hydrolysis) is 1. The number of amides is 2. The van der Waals surface area contributed by atoms with Gasteiger partial charge in [-0.25, -0.2) is 4.79 Å². The summed E-state index contributed by atoms with van der Waals surface area (Å²) in [4.78, 5) is 36.9. The molecule has 0 heterocycles. The van der Waals surface area contributed by atoms with Gasteiger partial charge in [-0.2, -0.15) is 11.8 Å². The summed E-state index contributed by atoms with van der Waals surface area (Å²) in [6.07, 6.45) is 4.26. The normalized spacial score (nSPS) is 19.5. The first-order chi connectivity index (χ1) is 17.0. The summed E-state index contributed by atoms with van der Waals surface area (Å²) in [5, 5.41) is 14.9. The molecule has 2 aliphatic rings. The summed E-state index contributed by atoms with van der Waals surface area (Å²) in [5.41, 5.74) is 4.57. The summed E-state index contributed by atoms with van der Waals surface area (Å²) >= 11 is 1.59. The van der Waals surface area contributed by atoms with Gasteiger partial charge in [0.15, 0.2) is 0 Å². The third-order valence-corrected chi connectivity index (χ3v) is 7.63. The summed E-state index contributed by atoms with van der Waals surface area (Å²) in [6.45, 7) is 0.181. The quantitative estimate of drug-likeness (QED) is 0.450. The van der Waals surface area contributed by atoms with E-state index in [9.17, 15) is 14.4 Å². The predicted molar refractivity (Wildman–Crippen MR) is 137 cm³/mol. The molecule has 0 spiro atoms. The van der Waals surface area contributed by atoms with Crippen molar-refractivity contribution in [1.29, 1.82) is 0 Å². The summed E-state index contributed by atoms with van der Waals surface area (Å²) in [5.74, 6) is -0.569. The van der Waals surface area contributed by atoms with Crippen LogP contribution in [0, 0.1) is 5.92 Å². The van der Waals surface area contributed by atoms with Crippen LogP contribution in [0.3, 0.4) is 0 Å². The minimum absolute atomic E-state index is 0.0419. The minimum atomic E-state index is -0.855. The van der Waals surface area contributed by atoms with Crippen LogP contribution in [0.4, 0.5) is 4.79 Å². The van der Waals surface area contributed by atoms with Gasteiger partial charge in [0, 0.05) is 12.0 Å². The van der Waals surface area contributed by atoms with Crippen LogP contribution < -0.4 is 10.6 Å². The maximum atomic E-state index is 13.0. The average Bonchev–Trinajstić information content (AvgIpc) is 3.41. The topological polar surface area (TPSA) is 105 Å². The molecule has 1 saturated carbocycles. The molecule has 0 saturated heterocycles. The maximum Gasteiger partial charge on any atom is 0.407 e. The molecule has 8 heteroatoms. The largest absolute Gasteiger partial charge is 0.481 e. The molecule has 4 rings (SSSR count). The Bertz CT molecular complexity index is 1030. The van der Waals surface area contributed by atoms with Crippen LogP contribution in [0.15, 0.2) is 48.5 Å². The van der Waals surface area contributed by atoms with E-state index in [0.717, 1.165) is 41.5 Å². The summed E-state index contributed by atoms with van der Waals surface area (Å²) < 4.78 is 5.63. The van der Waals surface area contributed by atoms with E-state index in [2.05, 4.69) is 34.9 Å². The van der Waals surface area contributed by atoms with E-state index in [1.165, 1.54) is 0 Å². The van der Waals surface area contributed by atoms with Gasteiger partial charge in [0.05, 0.1) is 6.42 Å². The van der Waals surface area contributed by atoms with Crippen LogP contribution in [0.1, 0.15) is 49.1 Å². The van der Waals surface area contributed by atoms with E-state index in [0.29, 0.717) is 12.2 Å². The molecular weight excluding hydrogens is 464 g/mol. The first kappa shape index (κ1) is 25.1. The number of carboxylic acid groups (broad SMARTS) is 1. The second kappa shape index (κ2) is 11.6. The van der Waals surface area contributed by atoms with Crippen LogP contribution in [0.25, 0.3) is 11.1 Å². The Balaban J connectivity index is 1.37. The number of benzene rings is 2. The van der Waals surface area contributed by atoms with Gasteiger partial charge in [0.1, 0.15) is 12.6 Å². The van der Waals surface area contributed by atoms with Crippen molar-refractivity contribution >= 4 is 29.7 Å². The van der Waals surface area contributed by atoms with Crippen molar-refractivity contribution in [2.75, 3.05) is 18.6 Å². The number of carbonyl (C=O) groups is 3. The van der Waals surface area contributed by atoms with Gasteiger partial charge in [-0.3, -0.25) is 9.59 Å². The molecule has 3 atom stereocenters. The number of nitrogens with one attached hydrogen (secondary N) is 2. The molecule has 7 nitrogen and oxygen atoms in total. The van der Waals surface area contributed by atoms with Crippen LogP contribution in [0.5, 0.6) is 0 Å². The summed E-state index contributed by atoms with van der Waals surface area (Å²) in [7, 11) is 0. The number of aliphatic carboxylic acids is 1. The average molecular weight is 497 g/mol. The van der Waals surface area contributed by atoms with Crippen LogP contribution in [-0.2, 0) is 14.3 Å². The fourth-order valence-electron chi connectivity index (χ4n) is 5.27. The van der Waals surface area contributed by atoms with Crippen LogP contribution in [0.2, 0.25) is 0 Å². The maximum absolute atomic E-state index is 13.0. The molecule has 0 aromatic heterocycles. The Morgan fingerprint density at radius 1 is 1.06 bits per heavy atom. The van der Waals surface area contributed by atoms with Crippen LogP contribution in [-0.4, -0.2) is 53.8 Å². The van der Waals surface area contributed by atoms with Gasteiger partial charge in [-0.15, -0.1) is 0 Å². The van der Waals surface area contributed by atoms with Gasteiger partial charge in [-0.1, -0.05) is 55.0 Å². The fraction of sp³-hybridized carbons (Fsp3) is 0.444. The number of hydrogen-bond donors (Lipinski definition) is 3. The molecule has 2 unspecified atom stereocenters. The highest BCUT2D eigenvalue weighted by molar-refractivity contribution is 7.98. The molecule has 1 fully saturated rings. The van der Waals surface area contributed by atoms with Gasteiger partial charge in [0.25, 0.3) is 0 Å². The standard InChI is InChI=1S/C27H32N2O5S/c1-35-14-13-24(26(32)28-23-12-6-7-17(23)15-25(30)31)29-27(33)34-16-22-20-10-4-2-8-18(20)19-9-3-5-11-21(19)22/h2-5,8-11,17,22-24H,6-7,12-16H2,1H3,(H,28,32)(H,29,33)(H,30,31)/t17?,23?,24-/m1/s1. The zero-order valence-corrected chi connectivity index (χ0v) is 20.7. The first-order valence-corrected chi connectivity index (χ1v) is 13.5.